The Morgan fingerprint density at radius 1 is 1.54 bits per heavy atom. The van der Waals surface area contributed by atoms with Gasteiger partial charge in [-0.15, -0.1) is 0 Å². The third-order valence-corrected chi connectivity index (χ3v) is 2.02. The smallest absolute Gasteiger partial charge is 0.221 e. The predicted molar refractivity (Wildman–Crippen MR) is 50.3 cm³/mol. The standard InChI is InChI=1S/C9H10ClNO2/c10-8-3-6(5-12)1-2-7(8)4-9(11)13/h1-3,12H,4-5H2,(H2,11,13). The van der Waals surface area contributed by atoms with E-state index in [0.717, 1.165) is 5.56 Å². The molecule has 0 saturated heterocycles. The number of halogens is 1. The van der Waals surface area contributed by atoms with Crippen LogP contribution in [0.3, 0.4) is 0 Å². The van der Waals surface area contributed by atoms with Gasteiger partial charge < -0.3 is 10.8 Å². The number of carbonyl (C=O) groups is 1. The minimum Gasteiger partial charge on any atom is -0.392 e. The van der Waals surface area contributed by atoms with Gasteiger partial charge in [0.1, 0.15) is 0 Å². The average molecular weight is 200 g/mol. The van der Waals surface area contributed by atoms with E-state index in [4.69, 9.17) is 22.4 Å². The first-order chi connectivity index (χ1) is 6.13. The fourth-order valence-electron chi connectivity index (χ4n) is 1.02. The molecular formula is C9H10ClNO2. The number of hydrogen-bond donors (Lipinski definition) is 2. The van der Waals surface area contributed by atoms with Gasteiger partial charge in [-0.1, -0.05) is 23.7 Å². The highest BCUT2D eigenvalue weighted by Crippen LogP contribution is 2.18. The molecule has 0 heterocycles. The average Bonchev–Trinajstić information content (AvgIpc) is 2.08. The molecule has 0 radical (unpaired) electrons. The molecule has 13 heavy (non-hydrogen) atoms. The van der Waals surface area contributed by atoms with Crippen molar-refractivity contribution < 1.29 is 9.90 Å². The third-order valence-electron chi connectivity index (χ3n) is 1.66. The second-order valence-electron chi connectivity index (χ2n) is 2.73. The summed E-state index contributed by atoms with van der Waals surface area (Å²) in [6.45, 7) is -0.0590. The van der Waals surface area contributed by atoms with E-state index in [1.165, 1.54) is 0 Å². The Morgan fingerprint density at radius 3 is 2.69 bits per heavy atom. The lowest BCUT2D eigenvalue weighted by Crippen LogP contribution is -2.13. The zero-order valence-electron chi connectivity index (χ0n) is 6.96. The van der Waals surface area contributed by atoms with E-state index in [0.29, 0.717) is 10.6 Å². The normalized spacial score (nSPS) is 10.0. The molecule has 1 amide bonds. The molecule has 0 bridgehead atoms. The van der Waals surface area contributed by atoms with Crippen molar-refractivity contribution in [1.82, 2.24) is 0 Å². The summed E-state index contributed by atoms with van der Waals surface area (Å²) in [6, 6.07) is 5.03. The lowest BCUT2D eigenvalue weighted by Gasteiger charge is -2.03. The van der Waals surface area contributed by atoms with Gasteiger partial charge in [0.15, 0.2) is 0 Å². The van der Waals surface area contributed by atoms with Crippen LogP contribution in [0.25, 0.3) is 0 Å². The van der Waals surface area contributed by atoms with E-state index >= 15 is 0 Å². The van der Waals surface area contributed by atoms with Crippen molar-refractivity contribution in [3.8, 4) is 0 Å². The highest BCUT2D eigenvalue weighted by Gasteiger charge is 2.04. The van der Waals surface area contributed by atoms with Crippen molar-refractivity contribution >= 4 is 17.5 Å². The first-order valence-corrected chi connectivity index (χ1v) is 4.17. The van der Waals surface area contributed by atoms with Gasteiger partial charge in [0.2, 0.25) is 5.91 Å². The molecule has 0 aliphatic carbocycles. The number of amides is 1. The quantitative estimate of drug-likeness (QED) is 0.759. The summed E-state index contributed by atoms with van der Waals surface area (Å²) in [6.07, 6.45) is 0.130. The van der Waals surface area contributed by atoms with Gasteiger partial charge in [-0.05, 0) is 17.2 Å². The van der Waals surface area contributed by atoms with Gasteiger partial charge in [0.25, 0.3) is 0 Å². The molecule has 0 unspecified atom stereocenters. The fraction of sp³-hybridized carbons (Fsp3) is 0.222. The summed E-state index contributed by atoms with van der Waals surface area (Å²) in [5, 5.41) is 9.25. The number of carbonyl (C=O) groups excluding carboxylic acids is 1. The van der Waals surface area contributed by atoms with Crippen LogP contribution in [0.15, 0.2) is 18.2 Å². The number of nitrogens with two attached hydrogens (primary N) is 1. The van der Waals surface area contributed by atoms with Gasteiger partial charge in [-0.2, -0.15) is 0 Å². The Bertz CT molecular complexity index is 325. The Kier molecular flexibility index (Phi) is 3.28. The van der Waals surface area contributed by atoms with Crippen LogP contribution in [0.2, 0.25) is 5.02 Å². The lowest BCUT2D eigenvalue weighted by atomic mass is 10.1. The SMILES string of the molecule is NC(=O)Cc1ccc(CO)cc1Cl. The Balaban J connectivity index is 2.91. The van der Waals surface area contributed by atoms with Crippen LogP contribution in [0.4, 0.5) is 0 Å². The monoisotopic (exact) mass is 199 g/mol. The molecule has 0 aliphatic rings. The van der Waals surface area contributed by atoms with Crippen LogP contribution in [0, 0.1) is 0 Å². The maximum atomic E-state index is 10.6. The van der Waals surface area contributed by atoms with Gasteiger partial charge in [0, 0.05) is 5.02 Å². The second kappa shape index (κ2) is 4.25. The van der Waals surface area contributed by atoms with Crippen molar-refractivity contribution in [3.05, 3.63) is 34.3 Å². The van der Waals surface area contributed by atoms with Crippen LogP contribution < -0.4 is 5.73 Å². The molecule has 0 fully saturated rings. The van der Waals surface area contributed by atoms with E-state index in [-0.39, 0.29) is 13.0 Å². The minimum absolute atomic E-state index is 0.0590. The van der Waals surface area contributed by atoms with E-state index in [1.54, 1.807) is 18.2 Å². The first kappa shape index (κ1) is 10.0. The molecule has 0 aliphatic heterocycles. The van der Waals surface area contributed by atoms with E-state index in [9.17, 15) is 4.79 Å². The zero-order valence-corrected chi connectivity index (χ0v) is 7.71. The summed E-state index contributed by atoms with van der Waals surface area (Å²) in [5.74, 6) is -0.418. The second-order valence-corrected chi connectivity index (χ2v) is 3.13. The summed E-state index contributed by atoms with van der Waals surface area (Å²) in [4.78, 5) is 10.6. The van der Waals surface area contributed by atoms with Crippen LogP contribution in [0.5, 0.6) is 0 Å². The van der Waals surface area contributed by atoms with Crippen LogP contribution in [0.1, 0.15) is 11.1 Å². The predicted octanol–water partition coefficient (Wildman–Crippen LogP) is 0.860. The molecular weight excluding hydrogens is 190 g/mol. The Morgan fingerprint density at radius 2 is 2.23 bits per heavy atom. The van der Waals surface area contributed by atoms with Gasteiger partial charge in [0.05, 0.1) is 13.0 Å². The van der Waals surface area contributed by atoms with Crippen LogP contribution >= 0.6 is 11.6 Å². The van der Waals surface area contributed by atoms with Crippen molar-refractivity contribution in [2.24, 2.45) is 5.73 Å². The third kappa shape index (κ3) is 2.72. The fourth-order valence-corrected chi connectivity index (χ4v) is 1.29. The number of primary amides is 1. The molecule has 4 heteroatoms. The van der Waals surface area contributed by atoms with Crippen molar-refractivity contribution in [2.45, 2.75) is 13.0 Å². The Labute approximate surface area is 81.1 Å². The molecule has 1 aromatic carbocycles. The van der Waals surface area contributed by atoms with Crippen LogP contribution in [-0.2, 0) is 17.8 Å². The topological polar surface area (TPSA) is 63.3 Å². The van der Waals surface area contributed by atoms with Gasteiger partial charge in [-0.3, -0.25) is 4.79 Å². The maximum absolute atomic E-state index is 10.6. The summed E-state index contributed by atoms with van der Waals surface area (Å²) < 4.78 is 0. The molecule has 0 aromatic heterocycles. The molecule has 1 aromatic rings. The highest BCUT2D eigenvalue weighted by molar-refractivity contribution is 6.31. The molecule has 0 atom stereocenters. The molecule has 0 spiro atoms. The lowest BCUT2D eigenvalue weighted by molar-refractivity contribution is -0.117. The van der Waals surface area contributed by atoms with Crippen molar-refractivity contribution in [2.75, 3.05) is 0 Å². The molecule has 0 saturated carbocycles. The highest BCUT2D eigenvalue weighted by atomic mass is 35.5. The molecule has 3 nitrogen and oxygen atoms in total. The molecule has 1 rings (SSSR count). The van der Waals surface area contributed by atoms with E-state index in [1.807, 2.05) is 0 Å². The van der Waals surface area contributed by atoms with Crippen molar-refractivity contribution in [1.29, 1.82) is 0 Å². The van der Waals surface area contributed by atoms with E-state index in [2.05, 4.69) is 0 Å². The first-order valence-electron chi connectivity index (χ1n) is 3.80. The van der Waals surface area contributed by atoms with Crippen LogP contribution in [-0.4, -0.2) is 11.0 Å². The van der Waals surface area contributed by atoms with E-state index < -0.39 is 5.91 Å². The molecule has 3 N–H and O–H groups in total. The summed E-state index contributed by atoms with van der Waals surface area (Å²) in [7, 11) is 0. The van der Waals surface area contributed by atoms with Gasteiger partial charge in [-0.25, -0.2) is 0 Å². The Hall–Kier alpha value is -1.06. The number of aliphatic hydroxyl groups is 1. The minimum atomic E-state index is -0.418. The summed E-state index contributed by atoms with van der Waals surface area (Å²) in [5.41, 5.74) is 6.42. The van der Waals surface area contributed by atoms with Crippen molar-refractivity contribution in [3.63, 3.8) is 0 Å². The molecule has 70 valence electrons. The number of rotatable bonds is 3. The summed E-state index contributed by atoms with van der Waals surface area (Å²) >= 11 is 5.83. The zero-order chi connectivity index (χ0) is 9.84. The number of hydrogen-bond acceptors (Lipinski definition) is 2. The largest absolute Gasteiger partial charge is 0.392 e. The van der Waals surface area contributed by atoms with Gasteiger partial charge >= 0.3 is 0 Å². The number of benzene rings is 1. The number of aliphatic hydroxyl groups excluding tert-OH is 1. The maximum Gasteiger partial charge on any atom is 0.221 e.